The van der Waals surface area contributed by atoms with Crippen LogP contribution in [0.1, 0.15) is 33.1 Å². The maximum Gasteiger partial charge on any atom is 0.220 e. The second-order valence-corrected chi connectivity index (χ2v) is 4.43. The minimum atomic E-state index is -0.435. The summed E-state index contributed by atoms with van der Waals surface area (Å²) < 4.78 is 5.42. The SMILES string of the molecule is CCOC1CC(CC(=O)NC(C)C(N)=NO)C1. The van der Waals surface area contributed by atoms with Crippen molar-refractivity contribution < 1.29 is 14.7 Å². The Hall–Kier alpha value is -1.30. The molecule has 1 aliphatic carbocycles. The molecule has 4 N–H and O–H groups in total. The zero-order valence-electron chi connectivity index (χ0n) is 10.3. The molecule has 1 amide bonds. The average molecular weight is 243 g/mol. The Morgan fingerprint density at radius 1 is 1.65 bits per heavy atom. The second kappa shape index (κ2) is 6.44. The van der Waals surface area contributed by atoms with Crippen molar-refractivity contribution in [2.45, 2.75) is 45.3 Å². The van der Waals surface area contributed by atoms with Crippen molar-refractivity contribution in [2.75, 3.05) is 6.61 Å². The summed E-state index contributed by atoms with van der Waals surface area (Å²) in [6.45, 7) is 4.37. The first kappa shape index (κ1) is 13.8. The van der Waals surface area contributed by atoms with Gasteiger partial charge in [0.05, 0.1) is 12.1 Å². The van der Waals surface area contributed by atoms with Crippen molar-refractivity contribution in [1.82, 2.24) is 5.32 Å². The Labute approximate surface area is 101 Å². The topological polar surface area (TPSA) is 96.9 Å². The first-order valence-corrected chi connectivity index (χ1v) is 5.95. The summed E-state index contributed by atoms with van der Waals surface area (Å²) in [6.07, 6.45) is 2.68. The lowest BCUT2D eigenvalue weighted by molar-refractivity contribution is -0.124. The summed E-state index contributed by atoms with van der Waals surface area (Å²) in [7, 11) is 0. The van der Waals surface area contributed by atoms with E-state index in [0.29, 0.717) is 18.4 Å². The third kappa shape index (κ3) is 4.22. The Morgan fingerprint density at radius 2 is 2.29 bits per heavy atom. The molecule has 0 spiro atoms. The Bertz CT molecular complexity index is 288. The van der Waals surface area contributed by atoms with E-state index >= 15 is 0 Å². The fourth-order valence-electron chi connectivity index (χ4n) is 1.94. The third-order valence-corrected chi connectivity index (χ3v) is 3.01. The van der Waals surface area contributed by atoms with Gasteiger partial charge in [0.15, 0.2) is 5.84 Å². The van der Waals surface area contributed by atoms with Crippen molar-refractivity contribution in [3.05, 3.63) is 0 Å². The summed E-state index contributed by atoms with van der Waals surface area (Å²) in [5.41, 5.74) is 5.37. The third-order valence-electron chi connectivity index (χ3n) is 3.01. The maximum absolute atomic E-state index is 11.6. The van der Waals surface area contributed by atoms with Gasteiger partial charge in [0, 0.05) is 13.0 Å². The Balaban J connectivity index is 2.19. The highest BCUT2D eigenvalue weighted by Gasteiger charge is 2.31. The number of nitrogens with zero attached hydrogens (tertiary/aromatic N) is 1. The number of amidine groups is 1. The molecule has 1 fully saturated rings. The predicted molar refractivity (Wildman–Crippen MR) is 63.8 cm³/mol. The Kier molecular flexibility index (Phi) is 5.21. The van der Waals surface area contributed by atoms with Crippen LogP contribution in [0.3, 0.4) is 0 Å². The first-order chi connectivity index (χ1) is 8.06. The molecule has 17 heavy (non-hydrogen) atoms. The molecular formula is C11H21N3O3. The van der Waals surface area contributed by atoms with Crippen LogP contribution >= 0.6 is 0 Å². The Morgan fingerprint density at radius 3 is 2.82 bits per heavy atom. The summed E-state index contributed by atoms with van der Waals surface area (Å²) in [4.78, 5) is 11.6. The van der Waals surface area contributed by atoms with E-state index in [9.17, 15) is 4.79 Å². The van der Waals surface area contributed by atoms with Gasteiger partial charge < -0.3 is 21.0 Å². The number of nitrogens with two attached hydrogens (primary N) is 1. The van der Waals surface area contributed by atoms with Crippen LogP contribution in [-0.4, -0.2) is 35.7 Å². The molecule has 0 aromatic carbocycles. The average Bonchev–Trinajstić information content (AvgIpc) is 2.25. The molecule has 6 nitrogen and oxygen atoms in total. The van der Waals surface area contributed by atoms with E-state index in [0.717, 1.165) is 19.4 Å². The summed E-state index contributed by atoms with van der Waals surface area (Å²) in [5, 5.41) is 14.0. The first-order valence-electron chi connectivity index (χ1n) is 5.95. The fourth-order valence-corrected chi connectivity index (χ4v) is 1.94. The van der Waals surface area contributed by atoms with Crippen molar-refractivity contribution in [1.29, 1.82) is 0 Å². The van der Waals surface area contributed by atoms with Crippen LogP contribution in [-0.2, 0) is 9.53 Å². The molecule has 1 saturated carbocycles. The minimum Gasteiger partial charge on any atom is -0.409 e. The number of carbonyl (C=O) groups is 1. The van der Waals surface area contributed by atoms with Crippen LogP contribution in [0.25, 0.3) is 0 Å². The second-order valence-electron chi connectivity index (χ2n) is 4.43. The van der Waals surface area contributed by atoms with Crippen LogP contribution < -0.4 is 11.1 Å². The number of ether oxygens (including phenoxy) is 1. The fraction of sp³-hybridized carbons (Fsp3) is 0.818. The zero-order valence-corrected chi connectivity index (χ0v) is 10.3. The number of hydrogen-bond donors (Lipinski definition) is 3. The lowest BCUT2D eigenvalue weighted by Gasteiger charge is -2.34. The molecular weight excluding hydrogens is 222 g/mol. The quantitative estimate of drug-likeness (QED) is 0.273. The number of rotatable bonds is 6. The summed E-state index contributed by atoms with van der Waals surface area (Å²) in [6, 6.07) is -0.435. The minimum absolute atomic E-state index is 0.0131. The number of amides is 1. The molecule has 1 atom stereocenters. The van der Waals surface area contributed by atoms with Gasteiger partial charge >= 0.3 is 0 Å². The lowest BCUT2D eigenvalue weighted by Crippen LogP contribution is -2.44. The van der Waals surface area contributed by atoms with Gasteiger partial charge in [0.2, 0.25) is 5.91 Å². The maximum atomic E-state index is 11.6. The number of oxime groups is 1. The highest BCUT2D eigenvalue weighted by atomic mass is 16.5. The van der Waals surface area contributed by atoms with Crippen LogP contribution in [0.15, 0.2) is 5.16 Å². The predicted octanol–water partition coefficient (Wildman–Crippen LogP) is 0.443. The zero-order chi connectivity index (χ0) is 12.8. The van der Waals surface area contributed by atoms with Crippen molar-refractivity contribution >= 4 is 11.7 Å². The van der Waals surface area contributed by atoms with Gasteiger partial charge in [-0.3, -0.25) is 4.79 Å². The van der Waals surface area contributed by atoms with Gasteiger partial charge in [0.1, 0.15) is 0 Å². The van der Waals surface area contributed by atoms with E-state index in [1.807, 2.05) is 6.92 Å². The molecule has 0 aromatic heterocycles. The van der Waals surface area contributed by atoms with Crippen molar-refractivity contribution in [3.63, 3.8) is 0 Å². The number of hydrogen-bond acceptors (Lipinski definition) is 4. The summed E-state index contributed by atoms with van der Waals surface area (Å²) in [5.74, 6) is 0.342. The van der Waals surface area contributed by atoms with Crippen LogP contribution in [0.2, 0.25) is 0 Å². The van der Waals surface area contributed by atoms with Gasteiger partial charge in [-0.15, -0.1) is 0 Å². The van der Waals surface area contributed by atoms with E-state index < -0.39 is 6.04 Å². The van der Waals surface area contributed by atoms with Crippen LogP contribution in [0.4, 0.5) is 0 Å². The largest absolute Gasteiger partial charge is 0.409 e. The molecule has 1 rings (SSSR count). The van der Waals surface area contributed by atoms with Crippen molar-refractivity contribution in [2.24, 2.45) is 16.8 Å². The molecule has 1 unspecified atom stereocenters. The van der Waals surface area contributed by atoms with Gasteiger partial charge in [-0.05, 0) is 32.6 Å². The molecule has 1 aliphatic rings. The monoisotopic (exact) mass is 243 g/mol. The van der Waals surface area contributed by atoms with Gasteiger partial charge in [-0.25, -0.2) is 0 Å². The van der Waals surface area contributed by atoms with Gasteiger partial charge in [0.25, 0.3) is 0 Å². The number of nitrogens with one attached hydrogen (secondary N) is 1. The molecule has 0 heterocycles. The molecule has 6 heteroatoms. The van der Waals surface area contributed by atoms with E-state index in [-0.39, 0.29) is 11.7 Å². The van der Waals surface area contributed by atoms with Gasteiger partial charge in [-0.1, -0.05) is 5.16 Å². The normalized spacial score (nSPS) is 26.1. The highest BCUT2D eigenvalue weighted by molar-refractivity contribution is 5.89. The molecule has 0 radical (unpaired) electrons. The smallest absolute Gasteiger partial charge is 0.220 e. The molecule has 98 valence electrons. The van der Waals surface area contributed by atoms with E-state index in [1.54, 1.807) is 6.92 Å². The van der Waals surface area contributed by atoms with Gasteiger partial charge in [-0.2, -0.15) is 0 Å². The van der Waals surface area contributed by atoms with Crippen LogP contribution in [0, 0.1) is 5.92 Å². The molecule has 0 aromatic rings. The highest BCUT2D eigenvalue weighted by Crippen LogP contribution is 2.32. The van der Waals surface area contributed by atoms with Crippen molar-refractivity contribution in [3.8, 4) is 0 Å². The van der Waals surface area contributed by atoms with E-state index in [4.69, 9.17) is 15.7 Å². The lowest BCUT2D eigenvalue weighted by atomic mass is 9.80. The van der Waals surface area contributed by atoms with Crippen LogP contribution in [0.5, 0.6) is 0 Å². The number of carbonyl (C=O) groups excluding carboxylic acids is 1. The summed E-state index contributed by atoms with van der Waals surface area (Å²) >= 11 is 0. The van der Waals surface area contributed by atoms with E-state index in [1.165, 1.54) is 0 Å². The molecule has 0 bridgehead atoms. The molecule has 0 saturated heterocycles. The standard InChI is InChI=1S/C11H21N3O3/c1-3-17-9-4-8(5-9)6-10(15)13-7(2)11(12)14-16/h7-9,16H,3-6H2,1-2H3,(H2,12,14)(H,13,15). The van der Waals surface area contributed by atoms with E-state index in [2.05, 4.69) is 10.5 Å². The molecule has 0 aliphatic heterocycles.